The number of nitrogens with zero attached hydrogens (tertiary/aromatic N) is 2. The van der Waals surface area contributed by atoms with E-state index in [2.05, 4.69) is 15.5 Å². The number of amides is 4. The fraction of sp³-hybridized carbons (Fsp3) is 0.677. The lowest BCUT2D eigenvalue weighted by Gasteiger charge is -2.27. The maximum Gasteiger partial charge on any atom is 0.264 e. The van der Waals surface area contributed by atoms with Crippen molar-refractivity contribution in [2.45, 2.75) is 18.9 Å². The number of carbonyl (C=O) groups is 4. The summed E-state index contributed by atoms with van der Waals surface area (Å²) in [6, 6.07) is 3.92. The lowest BCUT2D eigenvalue weighted by Crippen LogP contribution is -2.54. The van der Waals surface area contributed by atoms with Crippen molar-refractivity contribution in [2.75, 3.05) is 125 Å². The van der Waals surface area contributed by atoms with E-state index in [9.17, 15) is 19.2 Å². The van der Waals surface area contributed by atoms with Crippen molar-refractivity contribution in [1.29, 1.82) is 0 Å². The number of nitrogens with one attached hydrogen (secondary N) is 2. The Hall–Kier alpha value is -3.02. The van der Waals surface area contributed by atoms with Gasteiger partial charge in [0.15, 0.2) is 0 Å². The van der Waals surface area contributed by atoms with Crippen molar-refractivity contribution < 1.29 is 52.3 Å². The molecule has 0 bridgehead atoms. The molecule has 0 saturated carbocycles. The van der Waals surface area contributed by atoms with E-state index in [0.29, 0.717) is 105 Å². The molecule has 1 fully saturated rings. The van der Waals surface area contributed by atoms with E-state index in [1.165, 1.54) is 0 Å². The molecule has 258 valence electrons. The molecule has 0 radical (unpaired) electrons. The van der Waals surface area contributed by atoms with Gasteiger partial charge in [0, 0.05) is 25.2 Å². The Bertz CT molecular complexity index is 1100. The third-order valence-corrected chi connectivity index (χ3v) is 6.94. The van der Waals surface area contributed by atoms with Crippen molar-refractivity contribution in [3.63, 3.8) is 0 Å². The summed E-state index contributed by atoms with van der Waals surface area (Å²) < 4.78 is 38.4. The number of fused-ring (bicyclic) bond motifs is 1. The third-order valence-electron chi connectivity index (χ3n) is 6.94. The average Bonchev–Trinajstić information content (AvgIpc) is 3.28. The van der Waals surface area contributed by atoms with Crippen LogP contribution in [0.2, 0.25) is 0 Å². The fourth-order valence-corrected chi connectivity index (χ4v) is 4.59. The van der Waals surface area contributed by atoms with Gasteiger partial charge in [0.2, 0.25) is 11.8 Å². The largest absolute Gasteiger partial charge is 0.382 e. The Labute approximate surface area is 270 Å². The molecule has 4 amide bonds. The number of ether oxygens (including phenoxy) is 7. The molecule has 2 N–H and O–H groups in total. The van der Waals surface area contributed by atoms with E-state index < -0.39 is 29.7 Å². The molecule has 0 aliphatic carbocycles. The number of carbonyl (C=O) groups excluding carboxylic acids is 4. The molecule has 15 heteroatoms. The summed E-state index contributed by atoms with van der Waals surface area (Å²) in [6.07, 6.45) is 0.180. The summed E-state index contributed by atoms with van der Waals surface area (Å²) in [5.74, 6) is -2.15. The zero-order valence-corrected chi connectivity index (χ0v) is 26.9. The molecule has 2 aliphatic rings. The third kappa shape index (κ3) is 13.0. The van der Waals surface area contributed by atoms with Gasteiger partial charge in [0.25, 0.3) is 11.8 Å². The van der Waals surface area contributed by atoms with Crippen molar-refractivity contribution in [3.05, 3.63) is 29.3 Å². The van der Waals surface area contributed by atoms with Gasteiger partial charge >= 0.3 is 0 Å². The van der Waals surface area contributed by atoms with Gasteiger partial charge < -0.3 is 43.4 Å². The summed E-state index contributed by atoms with van der Waals surface area (Å²) in [6.45, 7) is 8.10. The number of likely N-dealkylation sites (N-methyl/N-ethyl adjacent to an activating group) is 1. The first-order valence-corrected chi connectivity index (χ1v) is 15.7. The van der Waals surface area contributed by atoms with Gasteiger partial charge in [-0.15, -0.1) is 0 Å². The summed E-state index contributed by atoms with van der Waals surface area (Å²) in [5.41, 5.74) is 0.924. The van der Waals surface area contributed by atoms with E-state index in [0.717, 1.165) is 11.4 Å². The lowest BCUT2D eigenvalue weighted by molar-refractivity contribution is -0.136. The van der Waals surface area contributed by atoms with Crippen LogP contribution in [0.5, 0.6) is 0 Å². The highest BCUT2D eigenvalue weighted by molar-refractivity contribution is 6.25. The summed E-state index contributed by atoms with van der Waals surface area (Å²) in [7, 11) is 4.02. The molecule has 1 atom stereocenters. The highest BCUT2D eigenvalue weighted by Crippen LogP contribution is 2.32. The monoisotopic (exact) mass is 652 g/mol. The Balaban J connectivity index is 1.11. The van der Waals surface area contributed by atoms with Crippen molar-refractivity contribution in [3.8, 4) is 0 Å². The zero-order valence-electron chi connectivity index (χ0n) is 26.9. The Morgan fingerprint density at radius 2 is 1.22 bits per heavy atom. The molecule has 1 aromatic rings. The Morgan fingerprint density at radius 3 is 1.72 bits per heavy atom. The van der Waals surface area contributed by atoms with E-state index in [4.69, 9.17) is 33.2 Å². The first kappa shape index (κ1) is 37.4. The number of hydrogen-bond donors (Lipinski definition) is 2. The van der Waals surface area contributed by atoms with E-state index in [1.807, 2.05) is 14.1 Å². The fourth-order valence-electron chi connectivity index (χ4n) is 4.59. The number of imide groups is 2. The van der Waals surface area contributed by atoms with Crippen molar-refractivity contribution in [2.24, 2.45) is 0 Å². The predicted octanol–water partition coefficient (Wildman–Crippen LogP) is 0.178. The first-order chi connectivity index (χ1) is 22.4. The second-order valence-corrected chi connectivity index (χ2v) is 10.7. The van der Waals surface area contributed by atoms with Gasteiger partial charge in [-0.05, 0) is 32.6 Å². The van der Waals surface area contributed by atoms with Crippen molar-refractivity contribution in [1.82, 2.24) is 15.1 Å². The van der Waals surface area contributed by atoms with Crippen LogP contribution >= 0.6 is 0 Å². The number of hydrogen-bond acceptors (Lipinski definition) is 13. The number of benzene rings is 1. The summed E-state index contributed by atoms with van der Waals surface area (Å²) in [4.78, 5) is 52.8. The molecule has 46 heavy (non-hydrogen) atoms. The highest BCUT2D eigenvalue weighted by atomic mass is 16.6. The number of rotatable bonds is 26. The van der Waals surface area contributed by atoms with Gasteiger partial charge in [-0.2, -0.15) is 0 Å². The molecule has 0 spiro atoms. The average molecular weight is 653 g/mol. The number of anilines is 1. The lowest BCUT2D eigenvalue weighted by atomic mass is 10.0. The van der Waals surface area contributed by atoms with Crippen LogP contribution in [0.15, 0.2) is 18.2 Å². The maximum atomic E-state index is 13.1. The standard InChI is InChI=1S/C31H48N4O11/c1-34(2)9-11-41-13-15-43-17-19-45-21-23-46-22-20-44-18-16-42-14-12-40-10-8-32-25-5-3-4-24-28(25)31(39)35(30(24)38)26-6-7-27(36)33-29(26)37/h3-5,26,32H,6-23H2,1-2H3,(H,33,36,37). The molecule has 3 rings (SSSR count). The second-order valence-electron chi connectivity index (χ2n) is 10.7. The first-order valence-electron chi connectivity index (χ1n) is 15.7. The van der Waals surface area contributed by atoms with Crippen LogP contribution < -0.4 is 10.6 Å². The van der Waals surface area contributed by atoms with Crippen LogP contribution in [0.4, 0.5) is 5.69 Å². The van der Waals surface area contributed by atoms with E-state index in [1.54, 1.807) is 18.2 Å². The highest BCUT2D eigenvalue weighted by Gasteiger charge is 2.45. The van der Waals surface area contributed by atoms with Crippen LogP contribution in [0.1, 0.15) is 33.6 Å². The molecule has 2 aliphatic heterocycles. The molecule has 1 unspecified atom stereocenters. The molecular weight excluding hydrogens is 604 g/mol. The van der Waals surface area contributed by atoms with E-state index >= 15 is 0 Å². The minimum absolute atomic E-state index is 0.0708. The van der Waals surface area contributed by atoms with Crippen LogP contribution in [0.25, 0.3) is 0 Å². The molecule has 1 saturated heterocycles. The normalized spacial score (nSPS) is 16.4. The van der Waals surface area contributed by atoms with Crippen LogP contribution in [0.3, 0.4) is 0 Å². The van der Waals surface area contributed by atoms with Gasteiger partial charge in [0.1, 0.15) is 6.04 Å². The minimum Gasteiger partial charge on any atom is -0.382 e. The van der Waals surface area contributed by atoms with Crippen LogP contribution in [0, 0.1) is 0 Å². The van der Waals surface area contributed by atoms with Gasteiger partial charge in [0.05, 0.1) is 104 Å². The maximum absolute atomic E-state index is 13.1. The molecule has 2 heterocycles. The topological polar surface area (TPSA) is 163 Å². The summed E-state index contributed by atoms with van der Waals surface area (Å²) in [5, 5.41) is 5.33. The van der Waals surface area contributed by atoms with Gasteiger partial charge in [-0.1, -0.05) is 6.07 Å². The number of piperidine rings is 1. The molecule has 0 aromatic heterocycles. The zero-order chi connectivity index (χ0) is 33.0. The SMILES string of the molecule is CN(C)CCOCCOCCOCCOCCOCCOCCOCCNc1cccc2c1C(=O)N(C1CCC(=O)NC1=O)C2=O. The van der Waals surface area contributed by atoms with Gasteiger partial charge in [-0.25, -0.2) is 0 Å². The smallest absolute Gasteiger partial charge is 0.264 e. The van der Waals surface area contributed by atoms with Crippen LogP contribution in [-0.4, -0.2) is 159 Å². The minimum atomic E-state index is -1.00. The predicted molar refractivity (Wildman–Crippen MR) is 166 cm³/mol. The summed E-state index contributed by atoms with van der Waals surface area (Å²) >= 11 is 0. The van der Waals surface area contributed by atoms with Crippen LogP contribution in [-0.2, 0) is 42.7 Å². The van der Waals surface area contributed by atoms with Crippen molar-refractivity contribution >= 4 is 29.3 Å². The molecule has 15 nitrogen and oxygen atoms in total. The Kier molecular flexibility index (Phi) is 17.7. The van der Waals surface area contributed by atoms with Gasteiger partial charge in [-0.3, -0.25) is 29.4 Å². The second kappa shape index (κ2) is 21.7. The quantitative estimate of drug-likeness (QED) is 0.103. The molecular formula is C31H48N4O11. The molecule has 1 aromatic carbocycles. The Morgan fingerprint density at radius 1 is 0.717 bits per heavy atom. The van der Waals surface area contributed by atoms with E-state index in [-0.39, 0.29) is 24.0 Å².